The second-order valence-electron chi connectivity index (χ2n) is 9.92. The zero-order chi connectivity index (χ0) is 28.6. The van der Waals surface area contributed by atoms with Crippen molar-refractivity contribution >= 4 is 27.5 Å². The molecule has 0 aliphatic carbocycles. The average Bonchev–Trinajstić information content (AvgIpc) is 2.91. The number of hydrogen-bond donors (Lipinski definition) is 1. The van der Waals surface area contributed by atoms with Gasteiger partial charge in [-0.05, 0) is 74.6 Å². The minimum absolute atomic E-state index is 0.0505. The first-order chi connectivity index (χ1) is 18.6. The molecule has 0 saturated heterocycles. The molecule has 0 radical (unpaired) electrons. The summed E-state index contributed by atoms with van der Waals surface area (Å²) in [7, 11) is -4.08. The third-order valence-corrected chi connectivity index (χ3v) is 8.48. The summed E-state index contributed by atoms with van der Waals surface area (Å²) in [5.41, 5.74) is 3.02. The van der Waals surface area contributed by atoms with Crippen LogP contribution in [0.3, 0.4) is 0 Å². The number of rotatable bonds is 12. The number of nitrogens with zero attached hydrogens (tertiary/aromatic N) is 2. The van der Waals surface area contributed by atoms with Crippen LogP contribution in [0.15, 0.2) is 83.8 Å². The molecule has 0 unspecified atom stereocenters. The van der Waals surface area contributed by atoms with Gasteiger partial charge in [0, 0.05) is 12.6 Å². The molecule has 3 aromatic rings. The summed E-state index contributed by atoms with van der Waals surface area (Å²) >= 11 is 0. The Hall–Kier alpha value is -3.65. The molecule has 3 aromatic carbocycles. The Labute approximate surface area is 232 Å². The highest BCUT2D eigenvalue weighted by molar-refractivity contribution is 7.92. The molecular formula is C31H39N3O4S. The quantitative estimate of drug-likeness (QED) is 0.336. The van der Waals surface area contributed by atoms with E-state index >= 15 is 0 Å². The van der Waals surface area contributed by atoms with Gasteiger partial charge in [-0.2, -0.15) is 0 Å². The highest BCUT2D eigenvalue weighted by atomic mass is 32.2. The van der Waals surface area contributed by atoms with Gasteiger partial charge in [-0.15, -0.1) is 0 Å². The zero-order valence-corrected chi connectivity index (χ0v) is 24.2. The molecule has 0 aliphatic heterocycles. The summed E-state index contributed by atoms with van der Waals surface area (Å²) in [5.74, 6) is -0.705. The Kier molecular flexibility index (Phi) is 10.3. The number of aryl methyl sites for hydroxylation is 2. The monoisotopic (exact) mass is 549 g/mol. The van der Waals surface area contributed by atoms with E-state index in [1.165, 1.54) is 17.0 Å². The van der Waals surface area contributed by atoms with Gasteiger partial charge < -0.3 is 10.2 Å². The van der Waals surface area contributed by atoms with Gasteiger partial charge in [0.05, 0.1) is 10.6 Å². The summed E-state index contributed by atoms with van der Waals surface area (Å²) in [6.07, 6.45) is 1.14. The van der Waals surface area contributed by atoms with Crippen molar-refractivity contribution in [3.63, 3.8) is 0 Å². The minimum Gasteiger partial charge on any atom is -0.352 e. The van der Waals surface area contributed by atoms with Gasteiger partial charge in [0.2, 0.25) is 11.8 Å². The maximum atomic E-state index is 14.1. The Bertz CT molecular complexity index is 1340. The average molecular weight is 550 g/mol. The second-order valence-corrected chi connectivity index (χ2v) is 11.8. The van der Waals surface area contributed by atoms with Crippen molar-refractivity contribution in [2.24, 2.45) is 0 Å². The highest BCUT2D eigenvalue weighted by Crippen LogP contribution is 2.27. The first-order valence-corrected chi connectivity index (χ1v) is 14.8. The molecule has 0 saturated carbocycles. The Morgan fingerprint density at radius 3 is 1.95 bits per heavy atom. The zero-order valence-electron chi connectivity index (χ0n) is 23.4. The molecule has 208 valence electrons. The van der Waals surface area contributed by atoms with E-state index < -0.39 is 28.5 Å². The van der Waals surface area contributed by atoms with Crippen molar-refractivity contribution in [2.75, 3.05) is 10.8 Å². The lowest BCUT2D eigenvalue weighted by Crippen LogP contribution is -2.53. The third-order valence-electron chi connectivity index (χ3n) is 6.69. The molecule has 1 N–H and O–H groups in total. The van der Waals surface area contributed by atoms with Crippen LogP contribution < -0.4 is 9.62 Å². The number of nitrogens with one attached hydrogen (secondary N) is 1. The van der Waals surface area contributed by atoms with Gasteiger partial charge in [0.25, 0.3) is 10.0 Å². The van der Waals surface area contributed by atoms with Gasteiger partial charge in [-0.25, -0.2) is 8.42 Å². The van der Waals surface area contributed by atoms with Gasteiger partial charge in [0.1, 0.15) is 12.6 Å². The lowest BCUT2D eigenvalue weighted by atomic mass is 10.1. The van der Waals surface area contributed by atoms with Crippen LogP contribution in [0.1, 0.15) is 50.3 Å². The van der Waals surface area contributed by atoms with E-state index in [0.29, 0.717) is 12.1 Å². The van der Waals surface area contributed by atoms with E-state index in [2.05, 4.69) is 5.32 Å². The summed E-state index contributed by atoms with van der Waals surface area (Å²) in [6.45, 7) is 9.27. The molecule has 39 heavy (non-hydrogen) atoms. The van der Waals surface area contributed by atoms with Crippen LogP contribution in [0.25, 0.3) is 0 Å². The molecule has 2 amide bonds. The molecule has 0 aromatic heterocycles. The third kappa shape index (κ3) is 7.69. The highest BCUT2D eigenvalue weighted by Gasteiger charge is 2.34. The number of sulfonamides is 1. The molecule has 0 heterocycles. The van der Waals surface area contributed by atoms with Crippen LogP contribution in [-0.2, 0) is 26.2 Å². The van der Waals surface area contributed by atoms with Crippen molar-refractivity contribution in [3.8, 4) is 0 Å². The van der Waals surface area contributed by atoms with Crippen molar-refractivity contribution in [1.82, 2.24) is 10.2 Å². The van der Waals surface area contributed by atoms with Crippen molar-refractivity contribution in [1.29, 1.82) is 0 Å². The molecule has 8 heteroatoms. The van der Waals surface area contributed by atoms with E-state index in [1.54, 1.807) is 30.3 Å². The predicted octanol–water partition coefficient (Wildman–Crippen LogP) is 5.22. The molecular weight excluding hydrogens is 510 g/mol. The smallest absolute Gasteiger partial charge is 0.264 e. The van der Waals surface area contributed by atoms with Crippen LogP contribution >= 0.6 is 0 Å². The molecule has 0 spiro atoms. The topological polar surface area (TPSA) is 86.8 Å². The van der Waals surface area contributed by atoms with Crippen molar-refractivity contribution in [3.05, 3.63) is 95.6 Å². The number of carbonyl (C=O) groups excluding carboxylic acids is 2. The first-order valence-electron chi connectivity index (χ1n) is 13.4. The fourth-order valence-electron chi connectivity index (χ4n) is 4.48. The molecule has 0 bridgehead atoms. The number of carbonyl (C=O) groups is 2. The normalized spacial score (nSPS) is 12.8. The van der Waals surface area contributed by atoms with Gasteiger partial charge in [-0.1, -0.05) is 68.4 Å². The van der Waals surface area contributed by atoms with Crippen LogP contribution in [0.5, 0.6) is 0 Å². The van der Waals surface area contributed by atoms with E-state index in [-0.39, 0.29) is 23.4 Å². The van der Waals surface area contributed by atoms with Crippen LogP contribution in [-0.4, -0.2) is 43.8 Å². The second kappa shape index (κ2) is 13.4. The molecule has 7 nitrogen and oxygen atoms in total. The fraction of sp³-hybridized carbons (Fsp3) is 0.355. The van der Waals surface area contributed by atoms with E-state index in [9.17, 15) is 18.0 Å². The Balaban J connectivity index is 2.06. The summed E-state index contributed by atoms with van der Waals surface area (Å²) in [6, 6.07) is 22.2. The fourth-order valence-corrected chi connectivity index (χ4v) is 5.90. The van der Waals surface area contributed by atoms with E-state index in [0.717, 1.165) is 27.4 Å². The van der Waals surface area contributed by atoms with Gasteiger partial charge >= 0.3 is 0 Å². The van der Waals surface area contributed by atoms with E-state index in [1.807, 2.05) is 71.0 Å². The van der Waals surface area contributed by atoms with Crippen LogP contribution in [0.2, 0.25) is 0 Å². The Morgan fingerprint density at radius 2 is 1.41 bits per heavy atom. The number of hydrogen-bond acceptors (Lipinski definition) is 4. The number of benzene rings is 3. The SMILES string of the molecule is CC[C@@H](C)NC(=O)[C@@H](CC)N(Cc1ccccc1)C(=O)CN(c1cc(C)cc(C)c1)S(=O)(=O)c1ccccc1. The van der Waals surface area contributed by atoms with Crippen LogP contribution in [0.4, 0.5) is 5.69 Å². The maximum absolute atomic E-state index is 14.1. The number of amides is 2. The molecule has 2 atom stereocenters. The largest absolute Gasteiger partial charge is 0.352 e. The van der Waals surface area contributed by atoms with Crippen LogP contribution in [0, 0.1) is 13.8 Å². The van der Waals surface area contributed by atoms with E-state index in [4.69, 9.17) is 0 Å². The summed E-state index contributed by atoms with van der Waals surface area (Å²) < 4.78 is 29.0. The maximum Gasteiger partial charge on any atom is 0.264 e. The standard InChI is InChI=1S/C31H39N3O4S/c1-6-25(5)32-31(36)29(7-2)33(21-26-14-10-8-11-15-26)30(35)22-34(27-19-23(3)18-24(4)20-27)39(37,38)28-16-12-9-13-17-28/h8-20,25,29H,6-7,21-22H2,1-5H3,(H,32,36)/t25-,29-/m1/s1. The minimum atomic E-state index is -4.08. The predicted molar refractivity (Wildman–Crippen MR) is 156 cm³/mol. The lowest BCUT2D eigenvalue weighted by Gasteiger charge is -2.34. The van der Waals surface area contributed by atoms with Gasteiger partial charge in [0.15, 0.2) is 0 Å². The molecule has 3 rings (SSSR count). The Morgan fingerprint density at radius 1 is 0.846 bits per heavy atom. The lowest BCUT2D eigenvalue weighted by molar-refractivity contribution is -0.140. The summed E-state index contributed by atoms with van der Waals surface area (Å²) in [5, 5.41) is 2.99. The first kappa shape index (κ1) is 29.9. The number of anilines is 1. The van der Waals surface area contributed by atoms with Crippen molar-refractivity contribution < 1.29 is 18.0 Å². The molecule has 0 fully saturated rings. The molecule has 0 aliphatic rings. The van der Waals surface area contributed by atoms with Crippen molar-refractivity contribution in [2.45, 2.75) is 71.0 Å². The van der Waals surface area contributed by atoms with Gasteiger partial charge in [-0.3, -0.25) is 13.9 Å². The summed E-state index contributed by atoms with van der Waals surface area (Å²) in [4.78, 5) is 29.0.